The third-order valence-electron chi connectivity index (χ3n) is 6.25. The fourth-order valence-electron chi connectivity index (χ4n) is 4.21. The van der Waals surface area contributed by atoms with Crippen molar-refractivity contribution in [1.29, 1.82) is 0 Å². The summed E-state index contributed by atoms with van der Waals surface area (Å²) in [4.78, 5) is 23.8. The van der Waals surface area contributed by atoms with Gasteiger partial charge in [-0.25, -0.2) is 9.38 Å². The molecular formula is C28H27FN4O4. The Morgan fingerprint density at radius 3 is 2.54 bits per heavy atom. The molecule has 0 aliphatic carbocycles. The Bertz CT molecular complexity index is 1490. The number of aromatic hydroxyl groups is 1. The molecule has 190 valence electrons. The Hall–Kier alpha value is -4.37. The number of benzene rings is 3. The van der Waals surface area contributed by atoms with Crippen LogP contribution in [0.1, 0.15) is 17.5 Å². The van der Waals surface area contributed by atoms with Gasteiger partial charge < -0.3 is 29.4 Å². The average molecular weight is 503 g/mol. The van der Waals surface area contributed by atoms with Crippen molar-refractivity contribution in [3.63, 3.8) is 0 Å². The minimum atomic E-state index is -0.415. The van der Waals surface area contributed by atoms with Crippen LogP contribution in [-0.4, -0.2) is 61.1 Å². The van der Waals surface area contributed by atoms with Crippen LogP contribution in [0.25, 0.3) is 10.9 Å². The number of carbonyl (C=O) groups is 1. The van der Waals surface area contributed by atoms with Crippen molar-refractivity contribution in [3.8, 4) is 17.4 Å². The van der Waals surface area contributed by atoms with Gasteiger partial charge in [0.15, 0.2) is 17.4 Å². The maximum absolute atomic E-state index is 13.9. The van der Waals surface area contributed by atoms with Crippen LogP contribution in [0.4, 0.5) is 15.8 Å². The molecule has 2 heterocycles. The van der Waals surface area contributed by atoms with Gasteiger partial charge >= 0.3 is 0 Å². The molecule has 0 saturated heterocycles. The number of nitrogens with one attached hydrogen (secondary N) is 1. The first-order chi connectivity index (χ1) is 17.8. The van der Waals surface area contributed by atoms with Crippen LogP contribution in [0.15, 0.2) is 65.7 Å². The van der Waals surface area contributed by atoms with Crippen molar-refractivity contribution in [2.45, 2.75) is 6.42 Å². The average Bonchev–Trinajstić information content (AvgIpc) is 3.48. The van der Waals surface area contributed by atoms with Gasteiger partial charge in [0.1, 0.15) is 5.82 Å². The number of nitrogens with zero attached hydrogens (tertiary/aromatic N) is 3. The van der Waals surface area contributed by atoms with Gasteiger partial charge in [0.05, 0.1) is 22.5 Å². The summed E-state index contributed by atoms with van der Waals surface area (Å²) in [7, 11) is 5.61. The zero-order valence-corrected chi connectivity index (χ0v) is 20.8. The van der Waals surface area contributed by atoms with Gasteiger partial charge in [-0.15, -0.1) is 0 Å². The number of rotatable bonds is 7. The van der Waals surface area contributed by atoms with Gasteiger partial charge in [-0.05, 0) is 74.8 Å². The third kappa shape index (κ3) is 4.99. The second kappa shape index (κ2) is 9.94. The zero-order chi connectivity index (χ0) is 26.1. The molecule has 3 aromatic carbocycles. The van der Waals surface area contributed by atoms with E-state index in [0.717, 1.165) is 5.69 Å². The van der Waals surface area contributed by atoms with Gasteiger partial charge in [0.25, 0.3) is 0 Å². The summed E-state index contributed by atoms with van der Waals surface area (Å²) in [5.41, 5.74) is 3.41. The van der Waals surface area contributed by atoms with Crippen molar-refractivity contribution in [1.82, 2.24) is 9.88 Å². The molecule has 37 heavy (non-hydrogen) atoms. The Morgan fingerprint density at radius 2 is 1.78 bits per heavy atom. The van der Waals surface area contributed by atoms with E-state index in [4.69, 9.17) is 14.5 Å². The maximum atomic E-state index is 13.9. The van der Waals surface area contributed by atoms with Crippen molar-refractivity contribution in [2.75, 3.05) is 39.4 Å². The van der Waals surface area contributed by atoms with Crippen LogP contribution in [0.5, 0.6) is 17.4 Å². The fourth-order valence-corrected chi connectivity index (χ4v) is 4.21. The molecule has 1 aliphatic rings. The van der Waals surface area contributed by atoms with E-state index in [-0.39, 0.29) is 18.6 Å². The normalized spacial score (nSPS) is 12.9. The summed E-state index contributed by atoms with van der Waals surface area (Å²) in [5.74, 6) is 0.673. The molecule has 8 nitrogen and oxygen atoms in total. The van der Waals surface area contributed by atoms with Crippen molar-refractivity contribution in [3.05, 3.63) is 77.6 Å². The topological polar surface area (TPSA) is 90.4 Å². The minimum absolute atomic E-state index is 0.0157. The van der Waals surface area contributed by atoms with E-state index in [1.807, 2.05) is 49.3 Å². The first-order valence-corrected chi connectivity index (χ1v) is 11.8. The molecule has 0 fully saturated rings. The summed E-state index contributed by atoms with van der Waals surface area (Å²) < 4.78 is 24.8. The molecule has 0 saturated carbocycles. The smallest absolute Gasteiger partial charge is 0.231 e. The number of anilines is 1. The lowest BCUT2D eigenvalue weighted by molar-refractivity contribution is -0.118. The van der Waals surface area contributed by atoms with Gasteiger partial charge in [-0.2, -0.15) is 0 Å². The second-order valence-electron chi connectivity index (χ2n) is 9.09. The highest BCUT2D eigenvalue weighted by Gasteiger charge is 2.22. The monoisotopic (exact) mass is 502 g/mol. The second-order valence-corrected chi connectivity index (χ2v) is 9.09. The van der Waals surface area contributed by atoms with E-state index >= 15 is 0 Å². The number of H-pyrrole nitrogens is 1. The lowest BCUT2D eigenvalue weighted by Crippen LogP contribution is -2.29. The van der Waals surface area contributed by atoms with Crippen LogP contribution in [-0.2, 0) is 4.79 Å². The number of ether oxygens (including phenoxy) is 2. The Kier molecular flexibility index (Phi) is 6.54. The Balaban J connectivity index is 1.55. The van der Waals surface area contributed by atoms with E-state index in [0.29, 0.717) is 57.9 Å². The summed E-state index contributed by atoms with van der Waals surface area (Å²) >= 11 is 0. The maximum Gasteiger partial charge on any atom is 0.231 e. The molecule has 1 aromatic heterocycles. The Morgan fingerprint density at radius 1 is 1.03 bits per heavy atom. The van der Waals surface area contributed by atoms with Crippen molar-refractivity contribution >= 4 is 33.9 Å². The number of aliphatic imine (C=N–C) groups is 1. The largest absolute Gasteiger partial charge is 0.494 e. The highest BCUT2D eigenvalue weighted by molar-refractivity contribution is 6.22. The van der Waals surface area contributed by atoms with Crippen LogP contribution in [0, 0.1) is 5.82 Å². The fraction of sp³-hybridized carbons (Fsp3) is 0.214. The molecule has 5 rings (SSSR count). The molecule has 9 heteroatoms. The number of fused-ring (bicyclic) bond motifs is 2. The number of carbonyl (C=O) groups excluding carboxylic acids is 1. The molecule has 0 bridgehead atoms. The highest BCUT2D eigenvalue weighted by atomic mass is 19.1. The summed E-state index contributed by atoms with van der Waals surface area (Å²) in [5, 5.41) is 11.5. The molecule has 1 aliphatic heterocycles. The number of hydrogen-bond donors (Lipinski definition) is 2. The van der Waals surface area contributed by atoms with Crippen LogP contribution >= 0.6 is 0 Å². The number of hydrogen-bond acceptors (Lipinski definition) is 6. The van der Waals surface area contributed by atoms with E-state index in [9.17, 15) is 14.3 Å². The quantitative estimate of drug-likeness (QED) is 0.354. The molecule has 2 N–H and O–H groups in total. The lowest BCUT2D eigenvalue weighted by Gasteiger charge is -2.19. The predicted octanol–water partition coefficient (Wildman–Crippen LogP) is 4.82. The summed E-state index contributed by atoms with van der Waals surface area (Å²) in [6, 6.07) is 17.0. The number of aromatic nitrogens is 1. The molecule has 0 unspecified atom stereocenters. The predicted molar refractivity (Wildman–Crippen MR) is 141 cm³/mol. The van der Waals surface area contributed by atoms with E-state index < -0.39 is 5.82 Å². The van der Waals surface area contributed by atoms with Crippen molar-refractivity contribution < 1.29 is 23.8 Å². The third-order valence-corrected chi connectivity index (χ3v) is 6.25. The van der Waals surface area contributed by atoms with E-state index in [2.05, 4.69) is 4.98 Å². The number of amides is 1. The molecule has 0 atom stereocenters. The minimum Gasteiger partial charge on any atom is -0.494 e. The molecule has 0 spiro atoms. The number of aromatic amines is 1. The molecule has 4 aromatic rings. The van der Waals surface area contributed by atoms with Gasteiger partial charge in [-0.3, -0.25) is 4.79 Å². The first kappa shape index (κ1) is 24.3. The van der Waals surface area contributed by atoms with E-state index in [1.54, 1.807) is 30.1 Å². The van der Waals surface area contributed by atoms with Gasteiger partial charge in [-0.1, -0.05) is 0 Å². The van der Waals surface area contributed by atoms with Crippen LogP contribution in [0.3, 0.4) is 0 Å². The zero-order valence-electron chi connectivity index (χ0n) is 20.8. The van der Waals surface area contributed by atoms with Crippen LogP contribution < -0.4 is 14.4 Å². The number of halogens is 1. The molecule has 1 amide bonds. The van der Waals surface area contributed by atoms with Crippen LogP contribution in [0.2, 0.25) is 0 Å². The van der Waals surface area contributed by atoms with Crippen molar-refractivity contribution in [2.24, 2.45) is 4.99 Å². The molecular weight excluding hydrogens is 475 g/mol. The standard InChI is InChI=1S/C28H27FN4O4/c1-32(2)13-12-25(34)33(3)20-8-6-19(7-9-20)30-27(17-4-11-23-24(14-17)37-16-36-23)26-21-10-5-18(29)15-22(21)31-28(26)35/h4-11,14-15,31,35H,12-13,16H2,1-3H3. The summed E-state index contributed by atoms with van der Waals surface area (Å²) in [6.45, 7) is 0.799. The summed E-state index contributed by atoms with van der Waals surface area (Å²) in [6.07, 6.45) is 0.415. The lowest BCUT2D eigenvalue weighted by atomic mass is 10.00. The molecule has 0 radical (unpaired) electrons. The van der Waals surface area contributed by atoms with Gasteiger partial charge in [0.2, 0.25) is 12.7 Å². The SMILES string of the molecule is CN(C)CCC(=O)N(C)c1ccc(N=C(c2ccc3c(c2)OCO3)c2c(O)[nH]c3cc(F)ccc23)cc1. The van der Waals surface area contributed by atoms with E-state index in [1.165, 1.54) is 12.1 Å². The Labute approximate surface area is 213 Å². The first-order valence-electron chi connectivity index (χ1n) is 11.8. The van der Waals surface area contributed by atoms with Gasteiger partial charge in [0, 0.05) is 36.7 Å². The highest BCUT2D eigenvalue weighted by Crippen LogP contribution is 2.37.